The topological polar surface area (TPSA) is 47.6 Å². The molecule has 0 saturated heterocycles. The molecule has 3 nitrogen and oxygen atoms in total. The number of hydrogen-bond acceptors (Lipinski definition) is 3. The number of ether oxygens (including phenoxy) is 1. The van der Waals surface area contributed by atoms with Gasteiger partial charge in [0.1, 0.15) is 6.10 Å². The highest BCUT2D eigenvalue weighted by molar-refractivity contribution is 9.10. The minimum absolute atomic E-state index is 0.183. The van der Waals surface area contributed by atoms with Crippen LogP contribution in [-0.4, -0.2) is 25.1 Å². The fraction of sp³-hybridized carbons (Fsp3) is 0.417. The van der Waals surface area contributed by atoms with E-state index in [1.807, 2.05) is 18.2 Å². The van der Waals surface area contributed by atoms with E-state index in [1.54, 1.807) is 0 Å². The number of halogens is 1. The smallest absolute Gasteiger partial charge is 0.188 e. The summed E-state index contributed by atoms with van der Waals surface area (Å²) in [4.78, 5) is 4.39. The lowest BCUT2D eigenvalue weighted by atomic mass is 10.1. The Kier molecular flexibility index (Phi) is 3.96. The maximum absolute atomic E-state index is 5.71. The van der Waals surface area contributed by atoms with Gasteiger partial charge in [-0.1, -0.05) is 34.1 Å². The molecule has 1 atom stereocenters. The second-order valence-corrected chi connectivity index (χ2v) is 4.67. The Bertz CT molecular complexity index is 392. The molecular formula is C12H15BrN2O. The molecule has 1 aromatic rings. The fourth-order valence-corrected chi connectivity index (χ4v) is 2.13. The van der Waals surface area contributed by atoms with E-state index in [2.05, 4.69) is 27.0 Å². The van der Waals surface area contributed by atoms with Crippen molar-refractivity contribution in [3.63, 3.8) is 0 Å². The summed E-state index contributed by atoms with van der Waals surface area (Å²) in [6.07, 6.45) is 1.81. The molecule has 0 spiro atoms. The van der Waals surface area contributed by atoms with E-state index < -0.39 is 0 Å². The molecule has 0 radical (unpaired) electrons. The summed E-state index contributed by atoms with van der Waals surface area (Å²) in [6, 6.07) is 8.13. The molecule has 0 aliphatic carbocycles. The lowest BCUT2D eigenvalue weighted by Gasteiger charge is -2.10. The van der Waals surface area contributed by atoms with Crippen molar-refractivity contribution in [1.82, 2.24) is 0 Å². The van der Waals surface area contributed by atoms with Crippen molar-refractivity contribution >= 4 is 21.8 Å². The van der Waals surface area contributed by atoms with Crippen LogP contribution in [0.4, 0.5) is 0 Å². The molecular weight excluding hydrogens is 268 g/mol. The Morgan fingerprint density at radius 2 is 2.25 bits per heavy atom. The molecule has 1 aliphatic heterocycles. The number of nitrogens with zero attached hydrogens (tertiary/aromatic N) is 1. The molecule has 0 bridgehead atoms. The first kappa shape index (κ1) is 11.6. The molecule has 0 saturated carbocycles. The zero-order valence-electron chi connectivity index (χ0n) is 9.03. The van der Waals surface area contributed by atoms with Crippen LogP contribution in [0.1, 0.15) is 12.0 Å². The van der Waals surface area contributed by atoms with Gasteiger partial charge in [0, 0.05) is 10.9 Å². The summed E-state index contributed by atoms with van der Waals surface area (Å²) in [5.74, 6) is 0.824. The van der Waals surface area contributed by atoms with Gasteiger partial charge in [-0.15, -0.1) is 0 Å². The summed E-state index contributed by atoms with van der Waals surface area (Å²) in [6.45, 7) is 1.40. The van der Waals surface area contributed by atoms with Crippen molar-refractivity contribution in [1.29, 1.82) is 0 Å². The third-order valence-electron chi connectivity index (χ3n) is 2.56. The minimum atomic E-state index is 0.183. The number of hydrogen-bond donors (Lipinski definition) is 1. The summed E-state index contributed by atoms with van der Waals surface area (Å²) >= 11 is 3.52. The van der Waals surface area contributed by atoms with Gasteiger partial charge in [-0.2, -0.15) is 0 Å². The van der Waals surface area contributed by atoms with Crippen LogP contribution in [0.15, 0.2) is 33.7 Å². The monoisotopic (exact) mass is 282 g/mol. The second-order valence-electron chi connectivity index (χ2n) is 3.82. The average molecular weight is 283 g/mol. The standard InChI is InChI=1S/C12H15BrN2O/c13-11-4-2-1-3-9(11)7-12-15-8-10(16-12)5-6-14/h1-4,10H,5-8,14H2. The van der Waals surface area contributed by atoms with E-state index in [4.69, 9.17) is 10.5 Å². The van der Waals surface area contributed by atoms with Crippen LogP contribution in [0, 0.1) is 0 Å². The molecule has 0 aromatic heterocycles. The molecule has 0 fully saturated rings. The number of rotatable bonds is 4. The third-order valence-corrected chi connectivity index (χ3v) is 3.34. The predicted octanol–water partition coefficient (Wildman–Crippen LogP) is 2.14. The molecule has 1 unspecified atom stereocenters. The van der Waals surface area contributed by atoms with E-state index >= 15 is 0 Å². The van der Waals surface area contributed by atoms with Crippen LogP contribution in [0.2, 0.25) is 0 Å². The van der Waals surface area contributed by atoms with Crippen molar-refractivity contribution in [3.8, 4) is 0 Å². The average Bonchev–Trinajstić information content (AvgIpc) is 2.70. The summed E-state index contributed by atoms with van der Waals surface area (Å²) < 4.78 is 6.81. The summed E-state index contributed by atoms with van der Waals surface area (Å²) in [5.41, 5.74) is 6.70. The molecule has 16 heavy (non-hydrogen) atoms. The van der Waals surface area contributed by atoms with Crippen molar-refractivity contribution in [2.24, 2.45) is 10.7 Å². The summed E-state index contributed by atoms with van der Waals surface area (Å²) in [7, 11) is 0. The predicted molar refractivity (Wildman–Crippen MR) is 68.7 cm³/mol. The molecule has 4 heteroatoms. The third kappa shape index (κ3) is 2.83. The Morgan fingerprint density at radius 3 is 3.00 bits per heavy atom. The number of nitrogens with two attached hydrogens (primary N) is 1. The zero-order valence-corrected chi connectivity index (χ0v) is 10.6. The van der Waals surface area contributed by atoms with Crippen LogP contribution in [-0.2, 0) is 11.2 Å². The van der Waals surface area contributed by atoms with E-state index in [0.717, 1.165) is 29.8 Å². The highest BCUT2D eigenvalue weighted by atomic mass is 79.9. The van der Waals surface area contributed by atoms with E-state index in [1.165, 1.54) is 5.56 Å². The molecule has 2 rings (SSSR count). The van der Waals surface area contributed by atoms with E-state index in [9.17, 15) is 0 Å². The highest BCUT2D eigenvalue weighted by Gasteiger charge is 2.19. The van der Waals surface area contributed by atoms with Gasteiger partial charge < -0.3 is 10.5 Å². The summed E-state index contributed by atoms with van der Waals surface area (Å²) in [5, 5.41) is 0. The molecule has 0 amide bonds. The zero-order chi connectivity index (χ0) is 11.4. The van der Waals surface area contributed by atoms with E-state index in [-0.39, 0.29) is 6.10 Å². The largest absolute Gasteiger partial charge is 0.475 e. The molecule has 1 aromatic carbocycles. The first-order chi connectivity index (χ1) is 7.79. The van der Waals surface area contributed by atoms with Gasteiger partial charge in [-0.25, -0.2) is 0 Å². The Balaban J connectivity index is 1.95. The Morgan fingerprint density at radius 1 is 1.44 bits per heavy atom. The van der Waals surface area contributed by atoms with E-state index in [0.29, 0.717) is 6.54 Å². The highest BCUT2D eigenvalue weighted by Crippen LogP contribution is 2.19. The first-order valence-corrected chi connectivity index (χ1v) is 6.22. The Hall–Kier alpha value is -0.870. The fourth-order valence-electron chi connectivity index (χ4n) is 1.71. The van der Waals surface area contributed by atoms with Crippen LogP contribution in [0.25, 0.3) is 0 Å². The maximum Gasteiger partial charge on any atom is 0.188 e. The SMILES string of the molecule is NCCC1CN=C(Cc2ccccc2Br)O1. The van der Waals surface area contributed by atoms with Crippen LogP contribution >= 0.6 is 15.9 Å². The first-order valence-electron chi connectivity index (χ1n) is 5.43. The van der Waals surface area contributed by atoms with Crippen LogP contribution in [0.3, 0.4) is 0 Å². The van der Waals surface area contributed by atoms with Crippen LogP contribution in [0.5, 0.6) is 0 Å². The lowest BCUT2D eigenvalue weighted by molar-refractivity contribution is 0.212. The molecule has 1 heterocycles. The lowest BCUT2D eigenvalue weighted by Crippen LogP contribution is -2.18. The molecule has 86 valence electrons. The second kappa shape index (κ2) is 5.46. The number of aliphatic imine (C=N–C) groups is 1. The van der Waals surface area contributed by atoms with Crippen LogP contribution < -0.4 is 5.73 Å². The maximum atomic E-state index is 5.71. The molecule has 2 N–H and O–H groups in total. The minimum Gasteiger partial charge on any atom is -0.475 e. The number of benzene rings is 1. The van der Waals surface area contributed by atoms with Crippen molar-refractivity contribution in [2.75, 3.05) is 13.1 Å². The van der Waals surface area contributed by atoms with Gasteiger partial charge in [0.15, 0.2) is 5.90 Å². The van der Waals surface area contributed by atoms with Crippen molar-refractivity contribution in [3.05, 3.63) is 34.3 Å². The van der Waals surface area contributed by atoms with Crippen molar-refractivity contribution < 1.29 is 4.74 Å². The Labute approximate surface area is 104 Å². The van der Waals surface area contributed by atoms with Gasteiger partial charge >= 0.3 is 0 Å². The van der Waals surface area contributed by atoms with Gasteiger partial charge in [0.05, 0.1) is 6.54 Å². The van der Waals surface area contributed by atoms with Gasteiger partial charge in [0.25, 0.3) is 0 Å². The van der Waals surface area contributed by atoms with Gasteiger partial charge in [-0.3, -0.25) is 4.99 Å². The van der Waals surface area contributed by atoms with Gasteiger partial charge in [0.2, 0.25) is 0 Å². The molecule has 1 aliphatic rings. The van der Waals surface area contributed by atoms with Crippen molar-refractivity contribution in [2.45, 2.75) is 18.9 Å². The normalized spacial score (nSPS) is 19.4. The quantitative estimate of drug-likeness (QED) is 0.920. The van der Waals surface area contributed by atoms with Gasteiger partial charge in [-0.05, 0) is 24.6 Å².